The van der Waals surface area contributed by atoms with E-state index < -0.39 is 0 Å². The number of aliphatic hydroxyl groups excluding tert-OH is 1. The van der Waals surface area contributed by atoms with Crippen LogP contribution in [0.25, 0.3) is 0 Å². The molecule has 3 atom stereocenters. The number of nitrogens with zero attached hydrogens (tertiary/aromatic N) is 1. The zero-order valence-corrected chi connectivity index (χ0v) is 10.2. The van der Waals surface area contributed by atoms with Gasteiger partial charge in [0.1, 0.15) is 12.0 Å². The van der Waals surface area contributed by atoms with Gasteiger partial charge in [-0.2, -0.15) is 0 Å². The summed E-state index contributed by atoms with van der Waals surface area (Å²) in [6, 6.07) is -0.326. The fourth-order valence-electron chi connectivity index (χ4n) is 1.78. The van der Waals surface area contributed by atoms with Crippen LogP contribution in [0.2, 0.25) is 0 Å². The molecule has 0 bridgehead atoms. The van der Waals surface area contributed by atoms with Gasteiger partial charge in [-0.15, -0.1) is 0 Å². The van der Waals surface area contributed by atoms with E-state index in [2.05, 4.69) is 6.58 Å². The van der Waals surface area contributed by atoms with Crippen LogP contribution in [-0.2, 0) is 4.74 Å². The molecule has 0 aliphatic carbocycles. The van der Waals surface area contributed by atoms with E-state index in [-0.39, 0.29) is 25.0 Å². The van der Waals surface area contributed by atoms with Crippen LogP contribution in [0.15, 0.2) is 24.3 Å². The first-order valence-corrected chi connectivity index (χ1v) is 5.69. The molecule has 0 radical (unpaired) electrons. The largest absolute Gasteiger partial charge is 0.398 e. The molecular weight excluding hydrogens is 220 g/mol. The van der Waals surface area contributed by atoms with Crippen molar-refractivity contribution in [2.24, 2.45) is 17.2 Å². The van der Waals surface area contributed by atoms with Crippen molar-refractivity contribution in [2.75, 3.05) is 6.61 Å². The van der Waals surface area contributed by atoms with E-state index in [1.54, 1.807) is 18.0 Å². The minimum absolute atomic E-state index is 0.00781. The molecule has 3 unspecified atom stereocenters. The number of nitrogens with two attached hydrogens (primary N) is 3. The normalized spacial score (nSPS) is 27.5. The van der Waals surface area contributed by atoms with Crippen molar-refractivity contribution in [2.45, 2.75) is 38.1 Å². The minimum atomic E-state index is -0.326. The predicted octanol–water partition coefficient (Wildman–Crippen LogP) is -0.637. The van der Waals surface area contributed by atoms with Gasteiger partial charge < -0.3 is 31.9 Å². The van der Waals surface area contributed by atoms with Crippen LogP contribution in [0.5, 0.6) is 0 Å². The van der Waals surface area contributed by atoms with Gasteiger partial charge in [0, 0.05) is 12.2 Å². The highest BCUT2D eigenvalue weighted by atomic mass is 16.5. The molecule has 6 heteroatoms. The smallest absolute Gasteiger partial charge is 0.135 e. The first kappa shape index (κ1) is 13.8. The summed E-state index contributed by atoms with van der Waals surface area (Å²) in [5, 5.41) is 9.02. The lowest BCUT2D eigenvalue weighted by Crippen LogP contribution is -2.39. The topological polar surface area (TPSA) is 111 Å². The molecule has 0 aromatic heterocycles. The summed E-state index contributed by atoms with van der Waals surface area (Å²) in [5.41, 5.74) is 17.8. The summed E-state index contributed by atoms with van der Waals surface area (Å²) in [6.45, 7) is 5.46. The van der Waals surface area contributed by atoms with Crippen LogP contribution in [-0.4, -0.2) is 35.0 Å². The molecule has 6 nitrogen and oxygen atoms in total. The third-order valence-electron chi connectivity index (χ3n) is 2.86. The monoisotopic (exact) mass is 242 g/mol. The summed E-state index contributed by atoms with van der Waals surface area (Å²) >= 11 is 0. The van der Waals surface area contributed by atoms with Crippen LogP contribution in [0, 0.1) is 0 Å². The van der Waals surface area contributed by atoms with Gasteiger partial charge in [-0.1, -0.05) is 6.58 Å². The highest BCUT2D eigenvalue weighted by Crippen LogP contribution is 2.24. The first-order chi connectivity index (χ1) is 8.01. The maximum atomic E-state index is 9.02. The Kier molecular flexibility index (Phi) is 4.80. The Hall–Kier alpha value is -1.24. The quantitative estimate of drug-likeness (QED) is 0.510. The van der Waals surface area contributed by atoms with E-state index in [9.17, 15) is 0 Å². The average Bonchev–Trinajstić information content (AvgIpc) is 2.77. The third kappa shape index (κ3) is 3.12. The van der Waals surface area contributed by atoms with Crippen molar-refractivity contribution >= 4 is 0 Å². The second-order valence-electron chi connectivity index (χ2n) is 4.19. The molecule has 1 saturated heterocycles. The highest BCUT2D eigenvalue weighted by molar-refractivity contribution is 5.14. The first-order valence-electron chi connectivity index (χ1n) is 5.69. The molecular formula is C11H22N4O2. The Morgan fingerprint density at radius 1 is 1.59 bits per heavy atom. The summed E-state index contributed by atoms with van der Waals surface area (Å²) in [5.74, 6) is 0.360. The van der Waals surface area contributed by atoms with Crippen LogP contribution < -0.4 is 17.2 Å². The van der Waals surface area contributed by atoms with Crippen LogP contribution in [0.3, 0.4) is 0 Å². The SMILES string of the molecule is C=CN(/C(N)=C(\N)C(C)N)C1CCC(CO)O1. The van der Waals surface area contributed by atoms with Gasteiger partial charge in [0.15, 0.2) is 0 Å². The van der Waals surface area contributed by atoms with Gasteiger partial charge in [0.05, 0.1) is 18.4 Å². The summed E-state index contributed by atoms with van der Waals surface area (Å²) in [6.07, 6.45) is 2.74. The lowest BCUT2D eigenvalue weighted by Gasteiger charge is -2.28. The standard InChI is InChI=1S/C11H22N4O2/c1-3-15(11(14)10(13)7(2)12)9-5-4-8(6-16)17-9/h3,7-9,16H,1,4-6,12-14H2,2H3/b11-10-. The van der Waals surface area contributed by atoms with Crippen molar-refractivity contribution < 1.29 is 9.84 Å². The number of hydrogen-bond donors (Lipinski definition) is 4. The maximum absolute atomic E-state index is 9.02. The molecule has 98 valence electrons. The van der Waals surface area contributed by atoms with E-state index in [0.29, 0.717) is 11.5 Å². The average molecular weight is 242 g/mol. The second-order valence-corrected chi connectivity index (χ2v) is 4.19. The zero-order chi connectivity index (χ0) is 13.0. The van der Waals surface area contributed by atoms with Gasteiger partial charge in [-0.3, -0.25) is 0 Å². The summed E-state index contributed by atoms with van der Waals surface area (Å²) < 4.78 is 5.61. The van der Waals surface area contributed by atoms with Crippen molar-refractivity contribution in [1.29, 1.82) is 0 Å². The molecule has 0 amide bonds. The Morgan fingerprint density at radius 2 is 2.24 bits per heavy atom. The van der Waals surface area contributed by atoms with E-state index in [1.165, 1.54) is 0 Å². The Balaban J connectivity index is 2.79. The zero-order valence-electron chi connectivity index (χ0n) is 10.2. The van der Waals surface area contributed by atoms with Crippen LogP contribution in [0.1, 0.15) is 19.8 Å². The van der Waals surface area contributed by atoms with Crippen molar-refractivity contribution in [3.63, 3.8) is 0 Å². The fraction of sp³-hybridized carbons (Fsp3) is 0.636. The lowest BCUT2D eigenvalue weighted by atomic mass is 10.2. The molecule has 0 aromatic rings. The molecule has 17 heavy (non-hydrogen) atoms. The molecule has 1 aliphatic heterocycles. The molecule has 0 saturated carbocycles. The molecule has 0 spiro atoms. The second kappa shape index (κ2) is 5.90. The van der Waals surface area contributed by atoms with Crippen molar-refractivity contribution in [3.8, 4) is 0 Å². The number of ether oxygens (including phenoxy) is 1. The molecule has 1 heterocycles. The molecule has 0 aromatic carbocycles. The summed E-state index contributed by atoms with van der Waals surface area (Å²) in [7, 11) is 0. The Morgan fingerprint density at radius 3 is 2.65 bits per heavy atom. The lowest BCUT2D eigenvalue weighted by molar-refractivity contribution is -0.0400. The van der Waals surface area contributed by atoms with Gasteiger partial charge in [-0.05, 0) is 19.8 Å². The summed E-state index contributed by atoms with van der Waals surface area (Å²) in [4.78, 5) is 1.66. The number of hydrogen-bond acceptors (Lipinski definition) is 6. The molecule has 1 rings (SSSR count). The Bertz CT molecular complexity index is 304. The van der Waals surface area contributed by atoms with Gasteiger partial charge >= 0.3 is 0 Å². The number of rotatable bonds is 5. The van der Waals surface area contributed by atoms with E-state index in [0.717, 1.165) is 12.8 Å². The predicted molar refractivity (Wildman–Crippen MR) is 66.1 cm³/mol. The van der Waals surface area contributed by atoms with Crippen LogP contribution >= 0.6 is 0 Å². The van der Waals surface area contributed by atoms with Gasteiger partial charge in [0.25, 0.3) is 0 Å². The molecule has 1 aliphatic rings. The van der Waals surface area contributed by atoms with Crippen molar-refractivity contribution in [1.82, 2.24) is 4.90 Å². The highest BCUT2D eigenvalue weighted by Gasteiger charge is 2.29. The van der Waals surface area contributed by atoms with Crippen molar-refractivity contribution in [3.05, 3.63) is 24.3 Å². The third-order valence-corrected chi connectivity index (χ3v) is 2.86. The number of aliphatic hydroxyl groups is 1. The van der Waals surface area contributed by atoms with Gasteiger partial charge in [0.2, 0.25) is 0 Å². The minimum Gasteiger partial charge on any atom is -0.398 e. The molecule has 7 N–H and O–H groups in total. The Labute approximate surface area is 102 Å². The maximum Gasteiger partial charge on any atom is 0.135 e. The van der Waals surface area contributed by atoms with E-state index in [1.807, 2.05) is 0 Å². The van der Waals surface area contributed by atoms with Crippen LogP contribution in [0.4, 0.5) is 0 Å². The van der Waals surface area contributed by atoms with E-state index in [4.69, 9.17) is 27.0 Å². The van der Waals surface area contributed by atoms with E-state index >= 15 is 0 Å². The fourth-order valence-corrected chi connectivity index (χ4v) is 1.78. The molecule has 1 fully saturated rings. The van der Waals surface area contributed by atoms with Gasteiger partial charge in [-0.25, -0.2) is 0 Å².